The molecule has 0 amide bonds. The second-order valence-corrected chi connectivity index (χ2v) is 5.35. The predicted octanol–water partition coefficient (Wildman–Crippen LogP) is 0.497. The Hall–Kier alpha value is -1.96. The number of anilines is 2. The molecule has 8 nitrogen and oxygen atoms in total. The number of hydrogen-bond donors (Lipinski definition) is 1. The Morgan fingerprint density at radius 2 is 2.16 bits per heavy atom. The van der Waals surface area contributed by atoms with E-state index >= 15 is 0 Å². The van der Waals surface area contributed by atoms with Gasteiger partial charge in [-0.2, -0.15) is 4.98 Å². The predicted molar refractivity (Wildman–Crippen MR) is 72.0 cm³/mol. The summed E-state index contributed by atoms with van der Waals surface area (Å²) in [5.41, 5.74) is 5.37. The molecule has 1 aliphatic rings. The minimum absolute atomic E-state index is 0.0531. The Bertz CT molecular complexity index is 504. The molecule has 1 saturated heterocycles. The minimum Gasteiger partial charge on any atom is -0.368 e. The number of nitrogens with zero attached hydrogens (tertiary/aromatic N) is 5. The Balaban J connectivity index is 2.36. The second-order valence-electron chi connectivity index (χ2n) is 5.35. The van der Waals surface area contributed by atoms with Crippen LogP contribution in [0.2, 0.25) is 0 Å². The van der Waals surface area contributed by atoms with E-state index in [0.717, 1.165) is 6.54 Å². The smallest absolute Gasteiger partial charge is 0.329 e. The number of nitrogens with two attached hydrogens (primary N) is 1. The summed E-state index contributed by atoms with van der Waals surface area (Å²) in [4.78, 5) is 22.4. The lowest BCUT2D eigenvalue weighted by Crippen LogP contribution is -2.58. The average Bonchev–Trinajstić information content (AvgIpc) is 2.32. The summed E-state index contributed by atoms with van der Waals surface area (Å²) in [5.74, 6) is 0.357. The van der Waals surface area contributed by atoms with Crippen molar-refractivity contribution in [1.82, 2.24) is 14.9 Å². The maximum absolute atomic E-state index is 11.0. The molecule has 0 aromatic carbocycles. The Morgan fingerprint density at radius 1 is 1.47 bits per heavy atom. The van der Waals surface area contributed by atoms with Crippen LogP contribution in [0.15, 0.2) is 6.20 Å². The highest BCUT2D eigenvalue weighted by Crippen LogP contribution is 2.29. The standard InChI is InChI=1S/C11H18N6O2/c1-11(2)7-16(5-4-15(11)3)9-8(17(18)19)6-13-10(12)14-9/h6H,4-5,7H2,1-3H3,(H2,12,13,14). The van der Waals surface area contributed by atoms with Crippen LogP contribution >= 0.6 is 0 Å². The molecule has 0 bridgehead atoms. The van der Waals surface area contributed by atoms with E-state index in [0.29, 0.717) is 18.9 Å². The average molecular weight is 266 g/mol. The third-order valence-corrected chi connectivity index (χ3v) is 3.58. The van der Waals surface area contributed by atoms with Gasteiger partial charge >= 0.3 is 5.69 Å². The Morgan fingerprint density at radius 3 is 2.74 bits per heavy atom. The van der Waals surface area contributed by atoms with Crippen molar-refractivity contribution < 1.29 is 4.92 Å². The van der Waals surface area contributed by atoms with Crippen molar-refractivity contribution in [1.29, 1.82) is 0 Å². The lowest BCUT2D eigenvalue weighted by molar-refractivity contribution is -0.384. The Kier molecular flexibility index (Phi) is 3.27. The molecule has 1 aromatic heterocycles. The number of piperazine rings is 1. The third-order valence-electron chi connectivity index (χ3n) is 3.58. The zero-order chi connectivity index (χ0) is 14.2. The summed E-state index contributed by atoms with van der Waals surface area (Å²) in [7, 11) is 2.04. The molecule has 1 aromatic rings. The molecule has 0 radical (unpaired) electrons. The highest BCUT2D eigenvalue weighted by atomic mass is 16.6. The zero-order valence-electron chi connectivity index (χ0n) is 11.3. The topological polar surface area (TPSA) is 101 Å². The van der Waals surface area contributed by atoms with Crippen molar-refractivity contribution in [3.63, 3.8) is 0 Å². The summed E-state index contributed by atoms with van der Waals surface area (Å²) >= 11 is 0. The fourth-order valence-electron chi connectivity index (χ4n) is 2.16. The van der Waals surface area contributed by atoms with Gasteiger partial charge in [-0.25, -0.2) is 4.98 Å². The van der Waals surface area contributed by atoms with Crippen LogP contribution in [0.3, 0.4) is 0 Å². The van der Waals surface area contributed by atoms with Crippen molar-refractivity contribution >= 4 is 17.5 Å². The molecule has 2 N–H and O–H groups in total. The largest absolute Gasteiger partial charge is 0.368 e. The van der Waals surface area contributed by atoms with Crippen molar-refractivity contribution in [2.45, 2.75) is 19.4 Å². The summed E-state index contributed by atoms with van der Waals surface area (Å²) in [6.45, 7) is 6.33. The highest BCUT2D eigenvalue weighted by Gasteiger charge is 2.34. The lowest BCUT2D eigenvalue weighted by Gasteiger charge is -2.45. The van der Waals surface area contributed by atoms with E-state index in [-0.39, 0.29) is 17.2 Å². The van der Waals surface area contributed by atoms with Gasteiger partial charge in [0.05, 0.1) is 4.92 Å². The van der Waals surface area contributed by atoms with E-state index in [1.165, 1.54) is 6.20 Å². The summed E-state index contributed by atoms with van der Waals surface area (Å²) in [5, 5.41) is 11.0. The van der Waals surface area contributed by atoms with Crippen LogP contribution in [0.1, 0.15) is 13.8 Å². The molecule has 8 heteroatoms. The van der Waals surface area contributed by atoms with Crippen molar-refractivity contribution in [2.24, 2.45) is 0 Å². The fraction of sp³-hybridized carbons (Fsp3) is 0.636. The first-order valence-corrected chi connectivity index (χ1v) is 6.04. The van der Waals surface area contributed by atoms with E-state index in [1.54, 1.807) is 0 Å². The first-order chi connectivity index (χ1) is 8.81. The monoisotopic (exact) mass is 266 g/mol. The molecular weight excluding hydrogens is 248 g/mol. The number of hydrogen-bond acceptors (Lipinski definition) is 7. The van der Waals surface area contributed by atoms with Gasteiger partial charge < -0.3 is 10.6 Å². The van der Waals surface area contributed by atoms with E-state index in [2.05, 4.69) is 28.7 Å². The molecule has 19 heavy (non-hydrogen) atoms. The van der Waals surface area contributed by atoms with Crippen LogP contribution < -0.4 is 10.6 Å². The normalized spacial score (nSPS) is 19.4. The number of nitrogen functional groups attached to an aromatic ring is 1. The molecular formula is C11H18N6O2. The van der Waals surface area contributed by atoms with E-state index in [9.17, 15) is 10.1 Å². The molecule has 2 rings (SSSR count). The van der Waals surface area contributed by atoms with Crippen LogP contribution in [0.25, 0.3) is 0 Å². The maximum atomic E-state index is 11.0. The second kappa shape index (κ2) is 4.61. The van der Waals surface area contributed by atoms with Gasteiger partial charge in [-0.1, -0.05) is 0 Å². The van der Waals surface area contributed by atoms with Crippen LogP contribution in [-0.2, 0) is 0 Å². The summed E-state index contributed by atoms with van der Waals surface area (Å²) in [6.07, 6.45) is 1.17. The molecule has 2 heterocycles. The molecule has 104 valence electrons. The number of likely N-dealkylation sites (N-methyl/N-ethyl adjacent to an activating group) is 1. The molecule has 0 aliphatic carbocycles. The zero-order valence-corrected chi connectivity index (χ0v) is 11.3. The SMILES string of the molecule is CN1CCN(c2nc(N)ncc2[N+](=O)[O-])CC1(C)C. The van der Waals surface area contributed by atoms with Crippen molar-refractivity contribution in [3.05, 3.63) is 16.3 Å². The van der Waals surface area contributed by atoms with Gasteiger partial charge in [0.15, 0.2) is 0 Å². The molecule has 1 fully saturated rings. The fourth-order valence-corrected chi connectivity index (χ4v) is 2.16. The first-order valence-electron chi connectivity index (χ1n) is 6.04. The van der Waals surface area contributed by atoms with Crippen LogP contribution in [0.4, 0.5) is 17.5 Å². The minimum atomic E-state index is -0.472. The molecule has 1 aliphatic heterocycles. The van der Waals surface area contributed by atoms with Crippen molar-refractivity contribution in [3.8, 4) is 0 Å². The first kappa shape index (κ1) is 13.5. The molecule has 0 atom stereocenters. The number of aromatic nitrogens is 2. The third kappa shape index (κ3) is 2.58. The molecule has 0 spiro atoms. The van der Waals surface area contributed by atoms with Crippen LogP contribution in [0, 0.1) is 10.1 Å². The quantitative estimate of drug-likeness (QED) is 0.614. The van der Waals surface area contributed by atoms with Crippen molar-refractivity contribution in [2.75, 3.05) is 37.3 Å². The van der Waals surface area contributed by atoms with Gasteiger partial charge in [0.1, 0.15) is 6.20 Å². The maximum Gasteiger partial charge on any atom is 0.329 e. The van der Waals surface area contributed by atoms with E-state index in [4.69, 9.17) is 5.73 Å². The summed E-state index contributed by atoms with van der Waals surface area (Å²) in [6, 6.07) is 0. The van der Waals surface area contributed by atoms with Crippen LogP contribution in [0.5, 0.6) is 0 Å². The molecule has 0 saturated carbocycles. The number of rotatable bonds is 2. The van der Waals surface area contributed by atoms with Gasteiger partial charge in [-0.3, -0.25) is 15.0 Å². The lowest BCUT2D eigenvalue weighted by atomic mass is 10.00. The highest BCUT2D eigenvalue weighted by molar-refractivity contribution is 5.59. The van der Waals surface area contributed by atoms with Gasteiger partial charge in [0.2, 0.25) is 11.8 Å². The van der Waals surface area contributed by atoms with E-state index < -0.39 is 4.92 Å². The molecule has 0 unspecified atom stereocenters. The van der Waals surface area contributed by atoms with Gasteiger partial charge in [-0.05, 0) is 20.9 Å². The van der Waals surface area contributed by atoms with Gasteiger partial charge in [0, 0.05) is 25.2 Å². The van der Waals surface area contributed by atoms with E-state index in [1.807, 2.05) is 11.9 Å². The Labute approximate surface area is 111 Å². The number of nitro groups is 1. The van der Waals surface area contributed by atoms with Gasteiger partial charge in [-0.15, -0.1) is 0 Å². The van der Waals surface area contributed by atoms with Crippen LogP contribution in [-0.4, -0.2) is 52.0 Å². The van der Waals surface area contributed by atoms with Gasteiger partial charge in [0.25, 0.3) is 0 Å². The summed E-state index contributed by atoms with van der Waals surface area (Å²) < 4.78 is 0.